The van der Waals surface area contributed by atoms with E-state index >= 15 is 0 Å². The number of allylic oxidation sites excluding steroid dienone is 3. The molecule has 0 bridgehead atoms. The maximum absolute atomic E-state index is 12.8. The van der Waals surface area contributed by atoms with Crippen LogP contribution in [-0.2, 0) is 14.3 Å². The van der Waals surface area contributed by atoms with Gasteiger partial charge in [0.1, 0.15) is 24.4 Å². The summed E-state index contributed by atoms with van der Waals surface area (Å²) in [7, 11) is 0. The van der Waals surface area contributed by atoms with Gasteiger partial charge in [-0.2, -0.15) is 0 Å². The Kier molecular flexibility index (Phi) is 28.4. The molecule has 0 radical (unpaired) electrons. The van der Waals surface area contributed by atoms with Crippen LogP contribution in [0, 0.1) is 0 Å². The van der Waals surface area contributed by atoms with Gasteiger partial charge in [0.25, 0.3) is 0 Å². The minimum Gasteiger partial charge on any atom is -0.394 e. The van der Waals surface area contributed by atoms with Crippen LogP contribution in [0.4, 0.5) is 0 Å². The first kappa shape index (κ1) is 44.7. The highest BCUT2D eigenvalue weighted by Gasteiger charge is 2.44. The van der Waals surface area contributed by atoms with Crippen LogP contribution in [0.2, 0.25) is 0 Å². The van der Waals surface area contributed by atoms with Gasteiger partial charge in [0, 0.05) is 6.42 Å². The SMILES string of the molecule is CCCC/C=C\CCCCCCC(=O)NC(COC1OC(CO)C(O)C(O)C1O)C(O)/C=C/CCCCCCCCCCCCCCC. The fourth-order valence-corrected chi connectivity index (χ4v) is 6.02. The lowest BCUT2D eigenvalue weighted by Crippen LogP contribution is -2.60. The maximum atomic E-state index is 12.8. The smallest absolute Gasteiger partial charge is 0.220 e. The third-order valence-corrected chi connectivity index (χ3v) is 9.27. The van der Waals surface area contributed by atoms with Crippen molar-refractivity contribution in [3.05, 3.63) is 24.3 Å². The van der Waals surface area contributed by atoms with Crippen molar-refractivity contribution >= 4 is 5.91 Å². The van der Waals surface area contributed by atoms with Gasteiger partial charge in [-0.1, -0.05) is 141 Å². The number of carbonyl (C=O) groups excluding carboxylic acids is 1. The molecule has 1 fully saturated rings. The molecule has 0 aromatic heterocycles. The number of rotatable bonds is 31. The van der Waals surface area contributed by atoms with Crippen LogP contribution in [0.5, 0.6) is 0 Å². The van der Waals surface area contributed by atoms with Gasteiger partial charge < -0.3 is 40.3 Å². The summed E-state index contributed by atoms with van der Waals surface area (Å²) in [6.07, 6.45) is 26.5. The van der Waals surface area contributed by atoms with E-state index in [9.17, 15) is 30.3 Å². The van der Waals surface area contributed by atoms with Crippen molar-refractivity contribution in [3.63, 3.8) is 0 Å². The Labute approximate surface area is 292 Å². The minimum atomic E-state index is -1.56. The van der Waals surface area contributed by atoms with Gasteiger partial charge in [0.15, 0.2) is 6.29 Å². The largest absolute Gasteiger partial charge is 0.394 e. The van der Waals surface area contributed by atoms with E-state index in [4.69, 9.17) is 9.47 Å². The predicted octanol–water partition coefficient (Wildman–Crippen LogP) is 6.77. The molecule has 0 aromatic rings. The molecule has 6 N–H and O–H groups in total. The third-order valence-electron chi connectivity index (χ3n) is 9.27. The fourth-order valence-electron chi connectivity index (χ4n) is 6.02. The normalized spacial score (nSPS) is 22.9. The number of aliphatic hydroxyl groups is 5. The molecule has 0 aliphatic carbocycles. The van der Waals surface area contributed by atoms with Gasteiger partial charge in [-0.3, -0.25) is 4.79 Å². The van der Waals surface area contributed by atoms with Crippen molar-refractivity contribution in [2.45, 2.75) is 204 Å². The zero-order valence-electron chi connectivity index (χ0n) is 30.5. The molecule has 1 saturated heterocycles. The van der Waals surface area contributed by atoms with Crippen LogP contribution in [0.3, 0.4) is 0 Å². The summed E-state index contributed by atoms with van der Waals surface area (Å²) in [5.41, 5.74) is 0. The molecule has 9 heteroatoms. The molecule has 1 aliphatic rings. The summed E-state index contributed by atoms with van der Waals surface area (Å²) in [6.45, 7) is 3.69. The number of hydrogen-bond donors (Lipinski definition) is 6. The van der Waals surface area contributed by atoms with Crippen LogP contribution < -0.4 is 5.32 Å². The number of carbonyl (C=O) groups is 1. The lowest BCUT2D eigenvalue weighted by atomic mass is 9.99. The average Bonchev–Trinajstić information content (AvgIpc) is 3.08. The number of nitrogens with one attached hydrogen (secondary N) is 1. The Morgan fingerprint density at radius 3 is 1.75 bits per heavy atom. The highest BCUT2D eigenvalue weighted by molar-refractivity contribution is 5.76. The Bertz CT molecular complexity index is 807. The topological polar surface area (TPSA) is 149 Å². The molecule has 1 aliphatic heterocycles. The summed E-state index contributed by atoms with van der Waals surface area (Å²) < 4.78 is 11.1. The summed E-state index contributed by atoms with van der Waals surface area (Å²) in [6, 6.07) is -0.805. The van der Waals surface area contributed by atoms with Crippen molar-refractivity contribution in [2.24, 2.45) is 0 Å². The molecule has 1 heterocycles. The van der Waals surface area contributed by atoms with Crippen LogP contribution >= 0.6 is 0 Å². The number of hydrogen-bond acceptors (Lipinski definition) is 8. The Balaban J connectivity index is 2.45. The van der Waals surface area contributed by atoms with Crippen molar-refractivity contribution in [1.29, 1.82) is 0 Å². The van der Waals surface area contributed by atoms with Crippen LogP contribution in [0.15, 0.2) is 24.3 Å². The van der Waals surface area contributed by atoms with E-state index in [1.165, 1.54) is 83.5 Å². The first-order chi connectivity index (χ1) is 23.3. The van der Waals surface area contributed by atoms with Gasteiger partial charge >= 0.3 is 0 Å². The molecule has 1 rings (SSSR count). The molecule has 0 spiro atoms. The highest BCUT2D eigenvalue weighted by atomic mass is 16.7. The van der Waals surface area contributed by atoms with E-state index in [-0.39, 0.29) is 12.5 Å². The van der Waals surface area contributed by atoms with Crippen molar-refractivity contribution in [2.75, 3.05) is 13.2 Å². The maximum Gasteiger partial charge on any atom is 0.220 e. The number of aliphatic hydroxyl groups excluding tert-OH is 5. The molecule has 0 aromatic carbocycles. The van der Waals surface area contributed by atoms with Crippen molar-refractivity contribution in [3.8, 4) is 0 Å². The standard InChI is InChI=1S/C39H73NO8/c1-3-5-7-9-11-13-15-16-17-18-19-20-22-24-26-28-33(42)32(31-47-39-38(46)37(45)36(44)34(30-41)48-39)40-35(43)29-27-25-23-21-14-12-10-8-6-4-2/h10,12,26,28,32-34,36-39,41-42,44-46H,3-9,11,13-25,27,29-31H2,1-2H3,(H,40,43)/b12-10-,28-26+. The molecule has 1 amide bonds. The van der Waals surface area contributed by atoms with Crippen LogP contribution in [-0.4, -0.2) is 87.5 Å². The number of amides is 1. The monoisotopic (exact) mass is 684 g/mol. The van der Waals surface area contributed by atoms with E-state index in [1.54, 1.807) is 6.08 Å². The summed E-state index contributed by atoms with van der Waals surface area (Å²) in [5.74, 6) is -0.194. The molecule has 282 valence electrons. The van der Waals surface area contributed by atoms with Gasteiger partial charge in [0.05, 0.1) is 25.4 Å². The van der Waals surface area contributed by atoms with E-state index < -0.39 is 49.5 Å². The van der Waals surface area contributed by atoms with Crippen molar-refractivity contribution in [1.82, 2.24) is 5.32 Å². The third kappa shape index (κ3) is 21.7. The minimum absolute atomic E-state index is 0.191. The molecule has 9 nitrogen and oxygen atoms in total. The zero-order chi connectivity index (χ0) is 35.2. The van der Waals surface area contributed by atoms with E-state index in [0.29, 0.717) is 6.42 Å². The quantitative estimate of drug-likeness (QED) is 0.0346. The second kappa shape index (κ2) is 30.5. The summed E-state index contributed by atoms with van der Waals surface area (Å²) >= 11 is 0. The summed E-state index contributed by atoms with van der Waals surface area (Å²) in [4.78, 5) is 12.8. The Morgan fingerprint density at radius 2 is 1.19 bits per heavy atom. The lowest BCUT2D eigenvalue weighted by molar-refractivity contribution is -0.302. The predicted molar refractivity (Wildman–Crippen MR) is 193 cm³/mol. The van der Waals surface area contributed by atoms with E-state index in [0.717, 1.165) is 57.8 Å². The van der Waals surface area contributed by atoms with Gasteiger partial charge in [-0.15, -0.1) is 0 Å². The van der Waals surface area contributed by atoms with Gasteiger partial charge in [0.2, 0.25) is 5.91 Å². The molecule has 0 saturated carbocycles. The van der Waals surface area contributed by atoms with Gasteiger partial charge in [-0.25, -0.2) is 0 Å². The molecular weight excluding hydrogens is 610 g/mol. The highest BCUT2D eigenvalue weighted by Crippen LogP contribution is 2.22. The second-order valence-corrected chi connectivity index (χ2v) is 13.7. The van der Waals surface area contributed by atoms with Crippen LogP contribution in [0.1, 0.15) is 162 Å². The molecule has 7 unspecified atom stereocenters. The number of ether oxygens (including phenoxy) is 2. The molecular formula is C39H73NO8. The summed E-state index contributed by atoms with van der Waals surface area (Å²) in [5, 5.41) is 53.9. The molecule has 7 atom stereocenters. The first-order valence-corrected chi connectivity index (χ1v) is 19.6. The Hall–Kier alpha value is -1.33. The second-order valence-electron chi connectivity index (χ2n) is 13.7. The average molecular weight is 684 g/mol. The fraction of sp³-hybridized carbons (Fsp3) is 0.872. The lowest BCUT2D eigenvalue weighted by Gasteiger charge is -2.40. The zero-order valence-corrected chi connectivity index (χ0v) is 30.5. The Morgan fingerprint density at radius 1 is 0.688 bits per heavy atom. The first-order valence-electron chi connectivity index (χ1n) is 19.6. The molecule has 48 heavy (non-hydrogen) atoms. The van der Waals surface area contributed by atoms with Crippen LogP contribution in [0.25, 0.3) is 0 Å². The number of unbranched alkanes of at least 4 members (excludes halogenated alkanes) is 19. The van der Waals surface area contributed by atoms with E-state index in [1.807, 2.05) is 6.08 Å². The van der Waals surface area contributed by atoms with E-state index in [2.05, 4.69) is 31.3 Å². The van der Waals surface area contributed by atoms with Crippen molar-refractivity contribution < 1.29 is 39.8 Å². The van der Waals surface area contributed by atoms with Gasteiger partial charge in [-0.05, 0) is 38.5 Å².